The lowest BCUT2D eigenvalue weighted by Crippen LogP contribution is -2.59. The van der Waals surface area contributed by atoms with Crippen molar-refractivity contribution in [1.82, 2.24) is 40.2 Å². The molecule has 2 aromatic carbocycles. The van der Waals surface area contributed by atoms with Gasteiger partial charge in [-0.1, -0.05) is 0 Å². The van der Waals surface area contributed by atoms with Gasteiger partial charge in [0.2, 0.25) is 11.8 Å². The third-order valence-electron chi connectivity index (χ3n) is 14.4. The Balaban J connectivity index is 0.693. The van der Waals surface area contributed by atoms with Gasteiger partial charge < -0.3 is 19.4 Å². The Bertz CT molecular complexity index is 2320. The Hall–Kier alpha value is -5.15. The molecule has 3 amide bonds. The summed E-state index contributed by atoms with van der Waals surface area (Å²) < 4.78 is 22.3. The van der Waals surface area contributed by atoms with Crippen LogP contribution < -0.4 is 19.9 Å². The van der Waals surface area contributed by atoms with Crippen molar-refractivity contribution in [3.63, 3.8) is 0 Å². The minimum atomic E-state index is -0.755. The van der Waals surface area contributed by atoms with Crippen LogP contribution in [0, 0.1) is 17.7 Å². The first-order valence-corrected chi connectivity index (χ1v) is 22.4. The molecule has 4 saturated heterocycles. The highest BCUT2D eigenvalue weighted by Crippen LogP contribution is 2.41. The highest BCUT2D eigenvalue weighted by molar-refractivity contribution is 6.05. The lowest BCUT2D eigenvalue weighted by atomic mass is 9.92. The summed E-state index contributed by atoms with van der Waals surface area (Å²) in [5, 5.41) is 11.1. The van der Waals surface area contributed by atoms with E-state index in [1.807, 2.05) is 12.1 Å². The number of ether oxygens (including phenoxy) is 1. The van der Waals surface area contributed by atoms with Gasteiger partial charge in [0.15, 0.2) is 5.82 Å². The topological polar surface area (TPSA) is 143 Å². The summed E-state index contributed by atoms with van der Waals surface area (Å²) in [6.07, 6.45) is 8.49. The number of amides is 3. The number of hydrogen-bond donors (Lipinski definition) is 2. The van der Waals surface area contributed by atoms with E-state index in [9.17, 15) is 14.4 Å². The van der Waals surface area contributed by atoms with Crippen molar-refractivity contribution in [1.29, 1.82) is 0 Å². The molecule has 1 aliphatic carbocycles. The van der Waals surface area contributed by atoms with Crippen molar-refractivity contribution >= 4 is 40.1 Å². The first kappa shape index (κ1) is 40.0. The molecule has 2 aromatic heterocycles. The third-order valence-corrected chi connectivity index (χ3v) is 14.4. The number of anilines is 2. The van der Waals surface area contributed by atoms with Gasteiger partial charge in [0.1, 0.15) is 35.2 Å². The molecule has 4 aromatic rings. The van der Waals surface area contributed by atoms with Gasteiger partial charge in [-0.15, -0.1) is 0 Å². The van der Waals surface area contributed by atoms with E-state index in [2.05, 4.69) is 73.0 Å². The number of carbonyl (C=O) groups is 3. The van der Waals surface area contributed by atoms with E-state index >= 15 is 4.39 Å². The molecule has 322 valence electrons. The zero-order chi connectivity index (χ0) is 42.0. The van der Waals surface area contributed by atoms with Crippen LogP contribution in [0.25, 0.3) is 22.3 Å². The van der Waals surface area contributed by atoms with Crippen molar-refractivity contribution in [2.75, 3.05) is 62.2 Å². The first-order chi connectivity index (χ1) is 29.5. The highest BCUT2D eigenvalue weighted by atomic mass is 19.1. The number of imide groups is 1. The highest BCUT2D eigenvalue weighted by Gasteiger charge is 2.42. The fourth-order valence-corrected chi connectivity index (χ4v) is 10.6. The Morgan fingerprint density at radius 1 is 0.869 bits per heavy atom. The molecule has 61 heavy (non-hydrogen) atoms. The van der Waals surface area contributed by atoms with Crippen LogP contribution in [0.2, 0.25) is 0 Å². The van der Waals surface area contributed by atoms with Gasteiger partial charge in [-0.25, -0.2) is 14.4 Å². The zero-order valence-electron chi connectivity index (χ0n) is 35.5. The van der Waals surface area contributed by atoms with E-state index in [0.717, 1.165) is 125 Å². The van der Waals surface area contributed by atoms with Crippen molar-refractivity contribution in [3.05, 3.63) is 59.7 Å². The lowest BCUT2D eigenvalue weighted by molar-refractivity contribution is -0.136. The molecule has 0 bridgehead atoms. The van der Waals surface area contributed by atoms with Crippen molar-refractivity contribution in [2.45, 2.75) is 102 Å². The van der Waals surface area contributed by atoms with Crippen LogP contribution in [-0.4, -0.2) is 129 Å². The minimum Gasteiger partial charge on any atom is -0.488 e. The second-order valence-electron chi connectivity index (χ2n) is 18.9. The fraction of sp³-hybridized carbons (Fsp3) is 0.565. The molecule has 1 saturated carbocycles. The summed E-state index contributed by atoms with van der Waals surface area (Å²) in [5.41, 5.74) is 3.74. The van der Waals surface area contributed by atoms with Crippen LogP contribution in [0.5, 0.6) is 5.75 Å². The molecule has 0 radical (unpaired) electrons. The molecule has 7 heterocycles. The van der Waals surface area contributed by atoms with E-state index in [1.54, 1.807) is 18.5 Å². The zero-order valence-corrected chi connectivity index (χ0v) is 35.5. The van der Waals surface area contributed by atoms with Crippen LogP contribution in [0.3, 0.4) is 0 Å². The van der Waals surface area contributed by atoms with Crippen LogP contribution in [0.1, 0.15) is 88.1 Å². The number of fused-ring (bicyclic) bond motifs is 2. The van der Waals surface area contributed by atoms with Gasteiger partial charge in [-0.05, 0) is 108 Å². The maximum Gasteiger partial charge on any atom is 0.255 e. The van der Waals surface area contributed by atoms with E-state index < -0.39 is 11.9 Å². The quantitative estimate of drug-likeness (QED) is 0.199. The number of aromatic nitrogens is 4. The van der Waals surface area contributed by atoms with E-state index in [0.29, 0.717) is 40.7 Å². The molecule has 10 rings (SSSR count). The number of halogens is 1. The molecule has 1 unspecified atom stereocenters. The smallest absolute Gasteiger partial charge is 0.255 e. The van der Waals surface area contributed by atoms with Gasteiger partial charge >= 0.3 is 0 Å². The van der Waals surface area contributed by atoms with Crippen LogP contribution >= 0.6 is 0 Å². The fourth-order valence-electron chi connectivity index (χ4n) is 10.6. The summed E-state index contributed by atoms with van der Waals surface area (Å²) in [7, 11) is 0. The SMILES string of the molecule is C[C@@H]1CN(CC2CCN(c3ccc4c(c3F)CN(C3CCC(=O)NC3=O)C4=O)CC2)C[C@H](C)N1CC1CCN(c2cc(-c3n[nH]c4ccc(OC5(C)CC5)cc34)ncn2)CC1. The maximum atomic E-state index is 16.0. The first-order valence-electron chi connectivity index (χ1n) is 22.4. The van der Waals surface area contributed by atoms with E-state index in [1.165, 1.54) is 4.90 Å². The van der Waals surface area contributed by atoms with E-state index in [-0.39, 0.29) is 42.6 Å². The number of H-pyrrole nitrogens is 1. The Kier molecular flexibility index (Phi) is 10.4. The predicted molar refractivity (Wildman–Crippen MR) is 230 cm³/mol. The number of rotatable bonds is 10. The number of aromatic amines is 1. The molecule has 14 nitrogen and oxygen atoms in total. The molecule has 0 spiro atoms. The average Bonchev–Trinajstić information content (AvgIpc) is 3.66. The molecule has 2 N–H and O–H groups in total. The Morgan fingerprint density at radius 2 is 1.59 bits per heavy atom. The molecule has 3 atom stereocenters. The number of nitrogens with one attached hydrogen (secondary N) is 2. The molecule has 15 heteroatoms. The summed E-state index contributed by atoms with van der Waals surface area (Å²) in [6, 6.07) is 11.8. The standard InChI is InChI=1S/C46H57FN10O4/c1-28-22-53(24-30-10-16-54(17-11-30)38-7-5-33-35(42(38)47)26-57(45(33)60)39-8-9-41(58)50-44(39)59)23-29(2)56(28)25-31-12-18-55(19-13-31)40-21-37(48-27-49-40)43-34-20-32(61-46(3)14-15-46)4-6-36(34)51-52-43/h4-7,20-21,27-31,39H,8-19,22-26H2,1-3H3,(H,51,52)(H,50,58,59)/t28-,29+,39?. The summed E-state index contributed by atoms with van der Waals surface area (Å²) >= 11 is 0. The van der Waals surface area contributed by atoms with Gasteiger partial charge in [0.05, 0.1) is 23.4 Å². The number of nitrogens with zero attached hydrogens (tertiary/aromatic N) is 8. The van der Waals surface area contributed by atoms with Crippen molar-refractivity contribution in [3.8, 4) is 17.1 Å². The van der Waals surface area contributed by atoms with Crippen molar-refractivity contribution in [2.24, 2.45) is 11.8 Å². The molecular formula is C46H57FN10O4. The summed E-state index contributed by atoms with van der Waals surface area (Å²) in [4.78, 5) is 58.0. The largest absolute Gasteiger partial charge is 0.488 e. The third kappa shape index (κ3) is 7.95. The van der Waals surface area contributed by atoms with Gasteiger partial charge in [-0.2, -0.15) is 5.10 Å². The average molecular weight is 833 g/mol. The van der Waals surface area contributed by atoms with Crippen LogP contribution in [-0.2, 0) is 16.1 Å². The Morgan fingerprint density at radius 3 is 2.31 bits per heavy atom. The number of benzene rings is 2. The van der Waals surface area contributed by atoms with Gasteiger partial charge in [0.25, 0.3) is 5.91 Å². The van der Waals surface area contributed by atoms with Gasteiger partial charge in [-0.3, -0.25) is 34.6 Å². The summed E-state index contributed by atoms with van der Waals surface area (Å²) in [5.74, 6) is 1.46. The second-order valence-corrected chi connectivity index (χ2v) is 18.9. The number of piperazine rings is 1. The minimum absolute atomic E-state index is 0.0461. The monoisotopic (exact) mass is 832 g/mol. The number of piperidine rings is 3. The maximum absolute atomic E-state index is 16.0. The number of carbonyl (C=O) groups excluding carboxylic acids is 3. The predicted octanol–water partition coefficient (Wildman–Crippen LogP) is 5.38. The molecule has 5 aliphatic heterocycles. The number of hydrogen-bond acceptors (Lipinski definition) is 11. The molecule has 6 aliphatic rings. The molecule has 5 fully saturated rings. The Labute approximate surface area is 356 Å². The summed E-state index contributed by atoms with van der Waals surface area (Å²) in [6.45, 7) is 14.7. The van der Waals surface area contributed by atoms with Gasteiger partial charge in [0, 0.05) is 93.4 Å². The molecular weight excluding hydrogens is 776 g/mol. The normalized spacial score (nSPS) is 25.3. The van der Waals surface area contributed by atoms with Crippen LogP contribution in [0.4, 0.5) is 15.9 Å². The van der Waals surface area contributed by atoms with Crippen LogP contribution in [0.15, 0.2) is 42.7 Å². The van der Waals surface area contributed by atoms with E-state index in [4.69, 9.17) is 9.72 Å². The van der Waals surface area contributed by atoms with Crippen molar-refractivity contribution < 1.29 is 23.5 Å². The lowest BCUT2D eigenvalue weighted by Gasteiger charge is -2.48. The second kappa shape index (κ2) is 16.0.